The van der Waals surface area contributed by atoms with Crippen molar-refractivity contribution in [3.63, 3.8) is 0 Å². The topological polar surface area (TPSA) is 78.1 Å². The summed E-state index contributed by atoms with van der Waals surface area (Å²) in [6, 6.07) is 6.73. The Morgan fingerprint density at radius 3 is 2.82 bits per heavy atom. The van der Waals surface area contributed by atoms with E-state index >= 15 is 0 Å². The molecule has 86 valence electrons. The number of para-hydroxylation sites is 1. The van der Waals surface area contributed by atoms with Crippen molar-refractivity contribution < 1.29 is 9.53 Å². The molecule has 0 aliphatic carbocycles. The third-order valence-corrected chi connectivity index (χ3v) is 2.35. The van der Waals surface area contributed by atoms with Crippen molar-refractivity contribution in [2.75, 3.05) is 5.73 Å². The molecule has 0 fully saturated rings. The van der Waals surface area contributed by atoms with Crippen molar-refractivity contribution in [2.45, 2.75) is 0 Å². The number of nitrogen functional groups attached to an aromatic ring is 1. The van der Waals surface area contributed by atoms with Gasteiger partial charge in [0.1, 0.15) is 17.8 Å². The van der Waals surface area contributed by atoms with E-state index in [0.717, 1.165) is 0 Å². The predicted molar refractivity (Wildman–Crippen MR) is 63.4 cm³/mol. The summed E-state index contributed by atoms with van der Waals surface area (Å²) in [7, 11) is 0. The third-order valence-electron chi connectivity index (χ3n) is 2.05. The van der Waals surface area contributed by atoms with Gasteiger partial charge in [0, 0.05) is 0 Å². The van der Waals surface area contributed by atoms with Gasteiger partial charge in [0.15, 0.2) is 11.4 Å². The van der Waals surface area contributed by atoms with Crippen LogP contribution in [0.15, 0.2) is 30.6 Å². The van der Waals surface area contributed by atoms with Crippen LogP contribution in [0.5, 0.6) is 11.6 Å². The van der Waals surface area contributed by atoms with Crippen LogP contribution in [0.2, 0.25) is 5.15 Å². The quantitative estimate of drug-likeness (QED) is 0.667. The average molecular weight is 250 g/mol. The van der Waals surface area contributed by atoms with Gasteiger partial charge in [0.25, 0.3) is 0 Å². The molecule has 0 saturated carbocycles. The Kier molecular flexibility index (Phi) is 3.20. The highest BCUT2D eigenvalue weighted by atomic mass is 35.5. The van der Waals surface area contributed by atoms with Crippen molar-refractivity contribution in [3.05, 3.63) is 41.3 Å². The number of ether oxygens (including phenoxy) is 1. The molecule has 0 bridgehead atoms. The van der Waals surface area contributed by atoms with Gasteiger partial charge in [-0.1, -0.05) is 23.7 Å². The summed E-state index contributed by atoms with van der Waals surface area (Å²) < 4.78 is 5.42. The Labute approximate surface area is 102 Å². The molecular formula is C11H8ClN3O2. The lowest BCUT2D eigenvalue weighted by atomic mass is 10.2. The van der Waals surface area contributed by atoms with Crippen LogP contribution in [0.1, 0.15) is 10.4 Å². The maximum atomic E-state index is 10.8. The minimum atomic E-state index is 0.110. The summed E-state index contributed by atoms with van der Waals surface area (Å²) >= 11 is 5.73. The number of hydrogen-bond donors (Lipinski definition) is 1. The van der Waals surface area contributed by atoms with E-state index in [2.05, 4.69) is 9.97 Å². The SMILES string of the molecule is Nc1c(Cl)ncnc1Oc1ccccc1C=O. The van der Waals surface area contributed by atoms with Gasteiger partial charge in [-0.3, -0.25) is 4.79 Å². The fourth-order valence-corrected chi connectivity index (χ4v) is 1.34. The summed E-state index contributed by atoms with van der Waals surface area (Å²) in [6.45, 7) is 0. The van der Waals surface area contributed by atoms with Crippen LogP contribution in [0.4, 0.5) is 5.69 Å². The Hall–Kier alpha value is -2.14. The number of halogens is 1. The van der Waals surface area contributed by atoms with E-state index in [1.165, 1.54) is 6.33 Å². The Bertz CT molecular complexity index is 560. The average Bonchev–Trinajstić information content (AvgIpc) is 2.35. The molecule has 6 heteroatoms. The molecule has 5 nitrogen and oxygen atoms in total. The Morgan fingerprint density at radius 2 is 2.06 bits per heavy atom. The molecule has 0 aliphatic rings. The summed E-state index contributed by atoms with van der Waals surface area (Å²) in [5.41, 5.74) is 6.19. The molecule has 0 aliphatic heterocycles. The minimum absolute atomic E-state index is 0.110. The van der Waals surface area contributed by atoms with Gasteiger partial charge in [-0.15, -0.1) is 0 Å². The van der Waals surface area contributed by atoms with Gasteiger partial charge in [-0.2, -0.15) is 4.98 Å². The summed E-state index contributed by atoms with van der Waals surface area (Å²) in [5.74, 6) is 0.489. The first-order valence-corrected chi connectivity index (χ1v) is 5.08. The zero-order valence-corrected chi connectivity index (χ0v) is 9.39. The van der Waals surface area contributed by atoms with Crippen LogP contribution in [-0.2, 0) is 0 Å². The van der Waals surface area contributed by atoms with E-state index in [9.17, 15) is 4.79 Å². The number of carbonyl (C=O) groups is 1. The van der Waals surface area contributed by atoms with Crippen molar-refractivity contribution in [1.82, 2.24) is 9.97 Å². The second-order valence-electron chi connectivity index (χ2n) is 3.14. The Morgan fingerprint density at radius 1 is 1.29 bits per heavy atom. The zero-order chi connectivity index (χ0) is 12.3. The number of aromatic nitrogens is 2. The van der Waals surface area contributed by atoms with Gasteiger partial charge in [0.2, 0.25) is 5.88 Å². The lowest BCUT2D eigenvalue weighted by molar-refractivity contribution is 0.112. The highest BCUT2D eigenvalue weighted by molar-refractivity contribution is 6.32. The number of nitrogens with two attached hydrogens (primary N) is 1. The van der Waals surface area contributed by atoms with Gasteiger partial charge in [-0.05, 0) is 12.1 Å². The number of carbonyl (C=O) groups excluding carboxylic acids is 1. The number of hydrogen-bond acceptors (Lipinski definition) is 5. The first-order chi connectivity index (χ1) is 8.22. The highest BCUT2D eigenvalue weighted by Gasteiger charge is 2.10. The molecule has 2 aromatic rings. The number of benzene rings is 1. The van der Waals surface area contributed by atoms with Crippen molar-refractivity contribution in [1.29, 1.82) is 0 Å². The van der Waals surface area contributed by atoms with Gasteiger partial charge < -0.3 is 10.5 Å². The maximum absolute atomic E-state index is 10.8. The minimum Gasteiger partial charge on any atom is -0.436 e. The van der Waals surface area contributed by atoms with E-state index in [1.807, 2.05) is 0 Å². The van der Waals surface area contributed by atoms with Crippen LogP contribution >= 0.6 is 11.6 Å². The fraction of sp³-hybridized carbons (Fsp3) is 0. The summed E-state index contributed by atoms with van der Waals surface area (Å²) in [5, 5.41) is 0.110. The lowest BCUT2D eigenvalue weighted by Crippen LogP contribution is -1.98. The fourth-order valence-electron chi connectivity index (χ4n) is 1.22. The molecule has 2 N–H and O–H groups in total. The maximum Gasteiger partial charge on any atom is 0.247 e. The first kappa shape index (κ1) is 11.3. The smallest absolute Gasteiger partial charge is 0.247 e. The van der Waals surface area contributed by atoms with E-state index in [0.29, 0.717) is 17.6 Å². The van der Waals surface area contributed by atoms with Crippen molar-refractivity contribution in [3.8, 4) is 11.6 Å². The summed E-state index contributed by atoms with van der Waals surface area (Å²) in [6.07, 6.45) is 1.92. The largest absolute Gasteiger partial charge is 0.436 e. The van der Waals surface area contributed by atoms with Crippen LogP contribution in [-0.4, -0.2) is 16.3 Å². The molecule has 0 amide bonds. The molecule has 17 heavy (non-hydrogen) atoms. The van der Waals surface area contributed by atoms with Crippen molar-refractivity contribution >= 4 is 23.6 Å². The van der Waals surface area contributed by atoms with Crippen molar-refractivity contribution in [2.24, 2.45) is 0 Å². The van der Waals surface area contributed by atoms with Crippen LogP contribution in [0, 0.1) is 0 Å². The molecular weight excluding hydrogens is 242 g/mol. The van der Waals surface area contributed by atoms with Gasteiger partial charge >= 0.3 is 0 Å². The van der Waals surface area contributed by atoms with Crippen LogP contribution in [0.25, 0.3) is 0 Å². The molecule has 0 radical (unpaired) electrons. The number of nitrogens with zero attached hydrogens (tertiary/aromatic N) is 2. The van der Waals surface area contributed by atoms with E-state index < -0.39 is 0 Å². The van der Waals surface area contributed by atoms with E-state index in [4.69, 9.17) is 22.1 Å². The monoisotopic (exact) mass is 249 g/mol. The number of anilines is 1. The normalized spacial score (nSPS) is 9.94. The molecule has 1 heterocycles. The molecule has 0 atom stereocenters. The first-order valence-electron chi connectivity index (χ1n) is 4.70. The Balaban J connectivity index is 2.38. The molecule has 0 spiro atoms. The number of aldehydes is 1. The molecule has 0 unspecified atom stereocenters. The standard InChI is InChI=1S/C11H8ClN3O2/c12-10-9(13)11(15-6-14-10)17-8-4-2-1-3-7(8)5-16/h1-6H,13H2. The van der Waals surface area contributed by atoms with E-state index in [1.54, 1.807) is 24.3 Å². The lowest BCUT2D eigenvalue weighted by Gasteiger charge is -2.08. The highest BCUT2D eigenvalue weighted by Crippen LogP contribution is 2.29. The number of rotatable bonds is 3. The zero-order valence-electron chi connectivity index (χ0n) is 8.63. The van der Waals surface area contributed by atoms with Crippen LogP contribution < -0.4 is 10.5 Å². The summed E-state index contributed by atoms with van der Waals surface area (Å²) in [4.78, 5) is 18.4. The second kappa shape index (κ2) is 4.80. The predicted octanol–water partition coefficient (Wildman–Crippen LogP) is 2.32. The molecule has 1 aromatic heterocycles. The third kappa shape index (κ3) is 2.34. The molecule has 1 aromatic carbocycles. The second-order valence-corrected chi connectivity index (χ2v) is 3.50. The van der Waals surface area contributed by atoms with Crippen LogP contribution in [0.3, 0.4) is 0 Å². The molecule has 2 rings (SSSR count). The molecule has 0 saturated heterocycles. The van der Waals surface area contributed by atoms with E-state index in [-0.39, 0.29) is 16.7 Å². The van der Waals surface area contributed by atoms with Gasteiger partial charge in [-0.25, -0.2) is 4.98 Å². The van der Waals surface area contributed by atoms with Gasteiger partial charge in [0.05, 0.1) is 5.56 Å².